The van der Waals surface area contributed by atoms with Crippen molar-refractivity contribution >= 4 is 19.8 Å². The summed E-state index contributed by atoms with van der Waals surface area (Å²) in [5.41, 5.74) is 5.32. The maximum absolute atomic E-state index is 12.5. The smallest absolute Gasteiger partial charge is 0.462 e. The molecule has 10 nitrogen and oxygen atoms in total. The molecule has 0 rings (SSSR count). The van der Waals surface area contributed by atoms with Gasteiger partial charge in [-0.1, -0.05) is 140 Å². The molecule has 0 fully saturated rings. The van der Waals surface area contributed by atoms with Crippen molar-refractivity contribution in [2.75, 3.05) is 26.4 Å². The zero-order chi connectivity index (χ0) is 37.7. The van der Waals surface area contributed by atoms with E-state index in [-0.39, 0.29) is 38.7 Å². The number of aliphatic hydroxyl groups is 1. The fraction of sp³-hybridized carbons (Fsp3) is 0.750. The van der Waals surface area contributed by atoms with Crippen LogP contribution in [0.1, 0.15) is 155 Å². The zero-order valence-corrected chi connectivity index (χ0v) is 32.8. The van der Waals surface area contributed by atoms with Crippen molar-refractivity contribution in [3.8, 4) is 0 Å². The molecular formula is C40H72NO9P. The molecule has 0 aromatic rings. The summed E-state index contributed by atoms with van der Waals surface area (Å²) in [5, 5.41) is 9.71. The highest BCUT2D eigenvalue weighted by Gasteiger charge is 2.25. The summed E-state index contributed by atoms with van der Waals surface area (Å²) in [6, 6.07) is 0. The molecule has 11 heteroatoms. The van der Waals surface area contributed by atoms with Crippen LogP contribution in [0.3, 0.4) is 0 Å². The average molecular weight is 742 g/mol. The van der Waals surface area contributed by atoms with E-state index in [0.29, 0.717) is 19.3 Å². The lowest BCUT2D eigenvalue weighted by atomic mass is 10.0. The van der Waals surface area contributed by atoms with Gasteiger partial charge in [-0.05, 0) is 51.4 Å². The van der Waals surface area contributed by atoms with E-state index in [0.717, 1.165) is 51.4 Å². The minimum Gasteiger partial charge on any atom is -0.462 e. The number of allylic oxidation sites excluding steroid dienone is 7. The van der Waals surface area contributed by atoms with Crippen molar-refractivity contribution in [1.82, 2.24) is 0 Å². The first-order valence-electron chi connectivity index (χ1n) is 19.7. The Morgan fingerprint density at radius 3 is 1.76 bits per heavy atom. The highest BCUT2D eigenvalue weighted by molar-refractivity contribution is 7.47. The third-order valence-electron chi connectivity index (χ3n) is 8.02. The molecule has 0 heterocycles. The van der Waals surface area contributed by atoms with Crippen molar-refractivity contribution in [2.24, 2.45) is 5.73 Å². The third kappa shape index (κ3) is 36.1. The number of unbranched alkanes of at least 4 members (excludes halogenated alkanes) is 12. The van der Waals surface area contributed by atoms with E-state index in [1.54, 1.807) is 0 Å². The van der Waals surface area contributed by atoms with Gasteiger partial charge in [0.05, 0.1) is 19.3 Å². The Kier molecular flexibility index (Phi) is 34.8. The molecule has 4 N–H and O–H groups in total. The second-order valence-corrected chi connectivity index (χ2v) is 14.4. The first kappa shape index (κ1) is 48.9. The highest BCUT2D eigenvalue weighted by Crippen LogP contribution is 2.43. The Morgan fingerprint density at radius 2 is 1.20 bits per heavy atom. The van der Waals surface area contributed by atoms with Crippen molar-refractivity contribution in [3.63, 3.8) is 0 Å². The van der Waals surface area contributed by atoms with Crippen LogP contribution < -0.4 is 5.73 Å². The first-order chi connectivity index (χ1) is 24.7. The van der Waals surface area contributed by atoms with Gasteiger partial charge in [-0.25, -0.2) is 4.57 Å². The number of esters is 2. The van der Waals surface area contributed by atoms with Gasteiger partial charge in [0.15, 0.2) is 6.10 Å². The summed E-state index contributed by atoms with van der Waals surface area (Å²) in [6.07, 6.45) is 36.4. The summed E-state index contributed by atoms with van der Waals surface area (Å²) in [5.74, 6) is -0.917. The molecule has 0 bridgehead atoms. The Bertz CT molecular complexity index is 998. The number of ether oxygens (including phenoxy) is 2. The lowest BCUT2D eigenvalue weighted by Gasteiger charge is -2.19. The number of phosphoric acid groups is 1. The normalized spacial score (nSPS) is 14.5. The molecule has 296 valence electrons. The molecular weight excluding hydrogens is 669 g/mol. The van der Waals surface area contributed by atoms with Crippen LogP contribution in [0.4, 0.5) is 0 Å². The topological polar surface area (TPSA) is 155 Å². The van der Waals surface area contributed by atoms with E-state index < -0.39 is 32.5 Å². The number of aliphatic hydroxyl groups excluding tert-OH is 1. The highest BCUT2D eigenvalue weighted by atomic mass is 31.2. The second-order valence-electron chi connectivity index (χ2n) is 13.0. The Labute approximate surface area is 309 Å². The van der Waals surface area contributed by atoms with Crippen LogP contribution in [-0.4, -0.2) is 60.5 Å². The molecule has 0 aromatic carbocycles. The standard InChI is InChI=1S/C40H72NO9P/c1-3-5-6-7-8-9-10-15-18-21-24-27-31-39(43)47-35-38(36-49-51(45,46)48-34-33-41)50-40(44)32-28-25-22-19-16-13-11-12-14-17-20-23-26-30-37(42)29-4-2/h11,13-14,17,19,22-23,26,37-38,42H,3-10,12,15-16,18,20-21,24-25,27-36,41H2,1-2H3,(H,45,46)/b13-11-,17-14-,22-19-,26-23-/t37?,38-/m1/s1. The van der Waals surface area contributed by atoms with Crippen molar-refractivity contribution in [1.29, 1.82) is 0 Å². The van der Waals surface area contributed by atoms with Gasteiger partial charge in [0.25, 0.3) is 0 Å². The van der Waals surface area contributed by atoms with Crippen molar-refractivity contribution in [2.45, 2.75) is 167 Å². The average Bonchev–Trinajstić information content (AvgIpc) is 3.10. The summed E-state index contributed by atoms with van der Waals surface area (Å²) < 4.78 is 32.6. The largest absolute Gasteiger partial charge is 0.472 e. The third-order valence-corrected chi connectivity index (χ3v) is 9.01. The number of carbonyl (C=O) groups excluding carboxylic acids is 2. The van der Waals surface area contributed by atoms with Gasteiger partial charge in [0, 0.05) is 19.4 Å². The number of hydrogen-bond acceptors (Lipinski definition) is 9. The van der Waals surface area contributed by atoms with Gasteiger partial charge in [-0.15, -0.1) is 0 Å². The molecule has 0 amide bonds. The van der Waals surface area contributed by atoms with E-state index in [9.17, 15) is 24.2 Å². The summed E-state index contributed by atoms with van der Waals surface area (Å²) >= 11 is 0. The SMILES string of the molecule is CCCCCCCCCCCCCCC(=O)OC[C@H](COP(=O)(O)OCCN)OC(=O)CCC/C=C\C/C=C\C/C=C\C/C=C\CC(O)CCC. The minimum absolute atomic E-state index is 0.0378. The monoisotopic (exact) mass is 741 g/mol. The van der Waals surface area contributed by atoms with Crippen LogP contribution in [0.5, 0.6) is 0 Å². The summed E-state index contributed by atoms with van der Waals surface area (Å²) in [6.45, 7) is 3.43. The van der Waals surface area contributed by atoms with Crippen LogP contribution in [0.25, 0.3) is 0 Å². The molecule has 2 unspecified atom stereocenters. The summed E-state index contributed by atoms with van der Waals surface area (Å²) in [4.78, 5) is 34.7. The van der Waals surface area contributed by atoms with Crippen LogP contribution >= 0.6 is 7.82 Å². The second kappa shape index (κ2) is 36.3. The molecule has 0 aliphatic rings. The summed E-state index contributed by atoms with van der Waals surface area (Å²) in [7, 11) is -4.39. The molecule has 0 aliphatic heterocycles. The number of phosphoric ester groups is 1. The van der Waals surface area contributed by atoms with Gasteiger partial charge in [-0.3, -0.25) is 18.6 Å². The van der Waals surface area contributed by atoms with Gasteiger partial charge in [-0.2, -0.15) is 0 Å². The van der Waals surface area contributed by atoms with Crippen molar-refractivity contribution < 1.29 is 42.7 Å². The van der Waals surface area contributed by atoms with Gasteiger partial charge < -0.3 is 25.2 Å². The van der Waals surface area contributed by atoms with Crippen molar-refractivity contribution in [3.05, 3.63) is 48.6 Å². The lowest BCUT2D eigenvalue weighted by molar-refractivity contribution is -0.161. The van der Waals surface area contributed by atoms with E-state index >= 15 is 0 Å². The van der Waals surface area contributed by atoms with Gasteiger partial charge in [0.1, 0.15) is 6.61 Å². The number of nitrogens with two attached hydrogens (primary N) is 1. The fourth-order valence-electron chi connectivity index (χ4n) is 5.11. The van der Waals surface area contributed by atoms with Crippen LogP contribution in [0, 0.1) is 0 Å². The van der Waals surface area contributed by atoms with Gasteiger partial charge in [0.2, 0.25) is 0 Å². The molecule has 3 atom stereocenters. The number of rotatable bonds is 36. The quantitative estimate of drug-likeness (QED) is 0.0245. The fourth-order valence-corrected chi connectivity index (χ4v) is 5.88. The predicted molar refractivity (Wildman–Crippen MR) is 207 cm³/mol. The molecule has 0 spiro atoms. The molecule has 0 saturated heterocycles. The van der Waals surface area contributed by atoms with E-state index in [1.807, 2.05) is 18.2 Å². The maximum Gasteiger partial charge on any atom is 0.472 e. The predicted octanol–water partition coefficient (Wildman–Crippen LogP) is 9.74. The molecule has 51 heavy (non-hydrogen) atoms. The minimum atomic E-state index is -4.39. The van der Waals surface area contributed by atoms with Gasteiger partial charge >= 0.3 is 19.8 Å². The first-order valence-corrected chi connectivity index (χ1v) is 21.2. The molecule has 0 aromatic heterocycles. The Balaban J connectivity index is 4.34. The number of carbonyl (C=O) groups is 2. The molecule has 0 saturated carbocycles. The van der Waals surface area contributed by atoms with Crippen LogP contribution in [0.15, 0.2) is 48.6 Å². The van der Waals surface area contributed by atoms with E-state index in [4.69, 9.17) is 24.3 Å². The van der Waals surface area contributed by atoms with E-state index in [2.05, 4.69) is 44.2 Å². The van der Waals surface area contributed by atoms with Crippen LogP contribution in [0.2, 0.25) is 0 Å². The maximum atomic E-state index is 12.5. The Hall–Kier alpha value is -2.07. The lowest BCUT2D eigenvalue weighted by Crippen LogP contribution is -2.29. The Morgan fingerprint density at radius 1 is 0.667 bits per heavy atom. The van der Waals surface area contributed by atoms with Crippen LogP contribution in [-0.2, 0) is 32.7 Å². The number of hydrogen-bond donors (Lipinski definition) is 3. The molecule has 0 aliphatic carbocycles. The van der Waals surface area contributed by atoms with E-state index in [1.165, 1.54) is 57.8 Å². The molecule has 0 radical (unpaired) electrons. The zero-order valence-electron chi connectivity index (χ0n) is 31.9.